The van der Waals surface area contributed by atoms with E-state index in [4.69, 9.17) is 10.5 Å². The molecule has 3 aliphatic rings. The highest BCUT2D eigenvalue weighted by Crippen LogP contribution is 2.44. The molecule has 0 spiro atoms. The lowest BCUT2D eigenvalue weighted by Gasteiger charge is -2.52. The number of hydrogen-bond acceptors (Lipinski definition) is 5. The van der Waals surface area contributed by atoms with Gasteiger partial charge >= 0.3 is 6.18 Å². The number of fused-ring (bicyclic) bond motifs is 4. The minimum absolute atomic E-state index is 0.0701. The van der Waals surface area contributed by atoms with Gasteiger partial charge in [0.1, 0.15) is 5.75 Å². The highest BCUT2D eigenvalue weighted by Gasteiger charge is 2.43. The van der Waals surface area contributed by atoms with E-state index in [0.29, 0.717) is 17.5 Å². The molecule has 35 heavy (non-hydrogen) atoms. The van der Waals surface area contributed by atoms with E-state index in [0.717, 1.165) is 60.3 Å². The number of nitrogens with two attached hydrogens (primary N) is 1. The van der Waals surface area contributed by atoms with E-state index < -0.39 is 11.7 Å². The molecule has 6 rings (SSSR count). The zero-order valence-electron chi connectivity index (χ0n) is 19.6. The largest absolute Gasteiger partial charge is 0.497 e. The number of alkyl halides is 3. The van der Waals surface area contributed by atoms with Gasteiger partial charge in [-0.15, -0.1) is 6.58 Å². The van der Waals surface area contributed by atoms with E-state index in [1.165, 1.54) is 6.07 Å². The molecule has 5 atom stereocenters. The van der Waals surface area contributed by atoms with E-state index >= 15 is 0 Å². The van der Waals surface area contributed by atoms with Gasteiger partial charge in [0.2, 0.25) is 0 Å². The summed E-state index contributed by atoms with van der Waals surface area (Å²) in [6.07, 6.45) is 1.46. The summed E-state index contributed by atoms with van der Waals surface area (Å²) in [6.45, 7) is 5.93. The fourth-order valence-electron chi connectivity index (χ4n) is 5.69. The molecule has 8 heteroatoms. The molecule has 2 aromatic carbocycles. The molecule has 0 radical (unpaired) electrons. The third kappa shape index (κ3) is 4.43. The maximum Gasteiger partial charge on any atom is 0.416 e. The quantitative estimate of drug-likeness (QED) is 0.339. The second-order valence-electron chi connectivity index (χ2n) is 9.45. The molecule has 5 nitrogen and oxygen atoms in total. The van der Waals surface area contributed by atoms with Gasteiger partial charge in [-0.05, 0) is 79.3 Å². The molecule has 3 aliphatic heterocycles. The van der Waals surface area contributed by atoms with Crippen LogP contribution in [-0.2, 0) is 6.18 Å². The molecule has 184 valence electrons. The first-order valence-corrected chi connectivity index (χ1v) is 11.8. The summed E-state index contributed by atoms with van der Waals surface area (Å²) in [5, 5.41) is 4.47. The first kappa shape index (κ1) is 23.5. The number of nitrogens with one attached hydrogen (secondary N) is 1. The van der Waals surface area contributed by atoms with Crippen LogP contribution in [0.25, 0.3) is 10.9 Å². The summed E-state index contributed by atoms with van der Waals surface area (Å²) in [5.74, 6) is 1.70. The topological polar surface area (TPSA) is 63.4 Å². The summed E-state index contributed by atoms with van der Waals surface area (Å²) < 4.78 is 45.1. The van der Waals surface area contributed by atoms with Crippen molar-refractivity contribution in [3.8, 4) is 5.75 Å². The maximum absolute atomic E-state index is 13.2. The monoisotopic (exact) mass is 482 g/mol. The summed E-state index contributed by atoms with van der Waals surface area (Å²) in [7, 11) is 1.62. The van der Waals surface area contributed by atoms with Crippen molar-refractivity contribution >= 4 is 22.3 Å². The number of hydrogen-bond donors (Lipinski definition) is 2. The molecule has 3 fully saturated rings. The second kappa shape index (κ2) is 9.07. The number of rotatable bonds is 6. The number of nitrogen functional groups attached to an aromatic ring is 1. The van der Waals surface area contributed by atoms with Gasteiger partial charge in [0.05, 0.1) is 35.6 Å². The van der Waals surface area contributed by atoms with Crippen LogP contribution in [0.3, 0.4) is 0 Å². The van der Waals surface area contributed by atoms with Crippen LogP contribution in [0, 0.1) is 11.8 Å². The Morgan fingerprint density at radius 1 is 1.23 bits per heavy atom. The van der Waals surface area contributed by atoms with Crippen molar-refractivity contribution in [2.24, 2.45) is 11.8 Å². The van der Waals surface area contributed by atoms with Crippen LogP contribution >= 0.6 is 0 Å². The minimum atomic E-state index is -4.45. The SMILES string of the molecule is C=C[C@H]1CN2CC[C@H]1C[C@H]2[C@@H](Nc1ccc(C(F)(F)F)cc1N)c1ccnc2ccc(OC)cc12. The summed E-state index contributed by atoms with van der Waals surface area (Å²) in [5.41, 5.74) is 7.77. The molecule has 0 aliphatic carbocycles. The summed E-state index contributed by atoms with van der Waals surface area (Å²) in [4.78, 5) is 6.99. The molecular formula is C27H29F3N4O. The van der Waals surface area contributed by atoms with Crippen LogP contribution in [0.15, 0.2) is 61.3 Å². The Morgan fingerprint density at radius 2 is 2.06 bits per heavy atom. The lowest BCUT2D eigenvalue weighted by Crippen LogP contribution is -2.56. The van der Waals surface area contributed by atoms with Gasteiger partial charge in [-0.3, -0.25) is 9.88 Å². The second-order valence-corrected chi connectivity index (χ2v) is 9.45. The van der Waals surface area contributed by atoms with E-state index in [1.807, 2.05) is 24.3 Å². The van der Waals surface area contributed by atoms with Crippen molar-refractivity contribution in [3.63, 3.8) is 0 Å². The van der Waals surface area contributed by atoms with Crippen molar-refractivity contribution in [1.29, 1.82) is 0 Å². The van der Waals surface area contributed by atoms with Crippen LogP contribution in [0.5, 0.6) is 5.75 Å². The zero-order valence-corrected chi connectivity index (χ0v) is 19.6. The molecule has 2 bridgehead atoms. The van der Waals surface area contributed by atoms with Gasteiger partial charge in [0, 0.05) is 24.2 Å². The third-order valence-electron chi connectivity index (χ3n) is 7.55. The van der Waals surface area contributed by atoms with E-state index in [2.05, 4.69) is 27.9 Å². The number of halogens is 3. The number of methoxy groups -OCH3 is 1. The average Bonchev–Trinajstić information content (AvgIpc) is 2.87. The van der Waals surface area contributed by atoms with Gasteiger partial charge in [-0.2, -0.15) is 13.2 Å². The van der Waals surface area contributed by atoms with Crippen molar-refractivity contribution in [2.75, 3.05) is 31.2 Å². The normalized spacial score (nSPS) is 24.8. The van der Waals surface area contributed by atoms with Crippen LogP contribution in [-0.4, -0.2) is 36.1 Å². The molecule has 0 amide bonds. The van der Waals surface area contributed by atoms with Gasteiger partial charge < -0.3 is 15.8 Å². The number of piperidine rings is 3. The molecule has 4 heterocycles. The number of benzene rings is 2. The van der Waals surface area contributed by atoms with Crippen molar-refractivity contribution in [1.82, 2.24) is 9.88 Å². The third-order valence-corrected chi connectivity index (χ3v) is 7.55. The fraction of sp³-hybridized carbons (Fsp3) is 0.370. The fourth-order valence-corrected chi connectivity index (χ4v) is 5.69. The Morgan fingerprint density at radius 3 is 2.71 bits per heavy atom. The standard InChI is InChI=1S/C27H29F3N4O/c1-3-16-15-34-11-9-17(16)12-25(34)26(33-24-6-4-18(13-22(24)31)27(28,29)30)20-8-10-32-23-7-5-19(35-2)14-21(20)23/h3-8,10,13-14,16-17,25-26,33H,1,9,11-12,15,31H2,2H3/t16-,17-,25-,26-/m0/s1. The lowest BCUT2D eigenvalue weighted by molar-refractivity contribution is -0.137. The van der Waals surface area contributed by atoms with Gasteiger partial charge in [-0.1, -0.05) is 6.08 Å². The summed E-state index contributed by atoms with van der Waals surface area (Å²) >= 11 is 0. The predicted octanol–water partition coefficient (Wildman–Crippen LogP) is 5.89. The van der Waals surface area contributed by atoms with E-state index in [-0.39, 0.29) is 17.8 Å². The molecule has 3 saturated heterocycles. The first-order valence-electron chi connectivity index (χ1n) is 11.8. The summed E-state index contributed by atoms with van der Waals surface area (Å²) in [6, 6.07) is 11.2. The first-order chi connectivity index (χ1) is 16.8. The molecule has 0 saturated carbocycles. The van der Waals surface area contributed by atoms with E-state index in [9.17, 15) is 13.2 Å². The average molecular weight is 483 g/mol. The maximum atomic E-state index is 13.2. The van der Waals surface area contributed by atoms with Crippen molar-refractivity contribution in [2.45, 2.75) is 31.1 Å². The highest BCUT2D eigenvalue weighted by molar-refractivity contribution is 5.84. The van der Waals surface area contributed by atoms with E-state index in [1.54, 1.807) is 13.3 Å². The van der Waals surface area contributed by atoms with Crippen LogP contribution in [0.4, 0.5) is 24.5 Å². The Labute approximate surface area is 202 Å². The van der Waals surface area contributed by atoms with Crippen molar-refractivity contribution in [3.05, 3.63) is 72.4 Å². The number of aromatic nitrogens is 1. The molecular weight excluding hydrogens is 453 g/mol. The van der Waals surface area contributed by atoms with Crippen LogP contribution in [0.1, 0.15) is 30.0 Å². The molecule has 1 unspecified atom stereocenters. The Balaban J connectivity index is 1.59. The van der Waals surface area contributed by atoms with Crippen LogP contribution < -0.4 is 15.8 Å². The molecule has 3 aromatic rings. The Bertz CT molecular complexity index is 1240. The van der Waals surface area contributed by atoms with Gasteiger partial charge in [0.25, 0.3) is 0 Å². The zero-order chi connectivity index (χ0) is 24.7. The van der Waals surface area contributed by atoms with Gasteiger partial charge in [0.15, 0.2) is 0 Å². The highest BCUT2D eigenvalue weighted by atomic mass is 19.4. The molecule has 3 N–H and O–H groups in total. The molecule has 1 aromatic heterocycles. The number of pyridine rings is 1. The Hall–Kier alpha value is -3.26. The number of ether oxygens (including phenoxy) is 1. The number of nitrogens with zero attached hydrogens (tertiary/aromatic N) is 2. The van der Waals surface area contributed by atoms with Crippen molar-refractivity contribution < 1.29 is 17.9 Å². The van der Waals surface area contributed by atoms with Gasteiger partial charge in [-0.25, -0.2) is 0 Å². The minimum Gasteiger partial charge on any atom is -0.497 e. The smallest absolute Gasteiger partial charge is 0.416 e. The lowest BCUT2D eigenvalue weighted by atomic mass is 9.73. The van der Waals surface area contributed by atoms with Crippen LogP contribution in [0.2, 0.25) is 0 Å². The predicted molar refractivity (Wildman–Crippen MR) is 132 cm³/mol. The number of anilines is 2. The Kier molecular flexibility index (Phi) is 6.09.